The Morgan fingerprint density at radius 3 is 1.12 bits per heavy atom. The van der Waals surface area contributed by atoms with Crippen LogP contribution in [0, 0.1) is 0 Å². The molecule has 0 aliphatic rings. The Bertz CT molecular complexity index is 45.5. The molecule has 0 amide bonds. The third-order valence-corrected chi connectivity index (χ3v) is 0. The standard InChI is InChI=1S/2K.2Na.HO3P.2H/c;;;;1-4(2)3;;/h;;;;(H,1,2,3);;/q4*+1;;2*-1/p-1. The van der Waals surface area contributed by atoms with Gasteiger partial charge in [0.15, 0.2) is 0 Å². The largest absolute Gasteiger partial charge is 1.00 e. The first kappa shape index (κ1) is 29.2. The summed E-state index contributed by atoms with van der Waals surface area (Å²) in [4.78, 5) is 17.0. The van der Waals surface area contributed by atoms with Gasteiger partial charge in [0.1, 0.15) is 0 Å². The van der Waals surface area contributed by atoms with E-state index in [1.54, 1.807) is 0 Å². The number of rotatable bonds is 0. The van der Waals surface area contributed by atoms with Crippen LogP contribution < -0.4 is 172 Å². The molecule has 0 heterocycles. The van der Waals surface area contributed by atoms with Gasteiger partial charge in [0.05, 0.1) is 0 Å². The predicted octanol–water partition coefficient (Wildman–Crippen LogP) is -13.4. The zero-order chi connectivity index (χ0) is 3.58. The minimum atomic E-state index is -3.37. The van der Waals surface area contributed by atoms with Gasteiger partial charge in [-0.2, -0.15) is 0 Å². The van der Waals surface area contributed by atoms with Crippen molar-refractivity contribution in [2.24, 2.45) is 0 Å². The number of hydrogen-bond acceptors (Lipinski definition) is 3. The Morgan fingerprint density at radius 2 is 1.12 bits per heavy atom. The smallest absolute Gasteiger partial charge is 1.00 e. The Hall–Kier alpha value is 5.29. The zero-order valence-corrected chi connectivity index (χ0v) is 16.8. The quantitative estimate of drug-likeness (QED) is 0.291. The van der Waals surface area contributed by atoms with Gasteiger partial charge >= 0.3 is 162 Å². The molecule has 3 nitrogen and oxygen atoms in total. The van der Waals surface area contributed by atoms with Crippen molar-refractivity contribution in [2.45, 2.75) is 0 Å². The summed E-state index contributed by atoms with van der Waals surface area (Å²) in [6.07, 6.45) is 0. The van der Waals surface area contributed by atoms with Gasteiger partial charge < -0.3 is 12.6 Å². The Morgan fingerprint density at radius 1 is 1.12 bits per heavy atom. The van der Waals surface area contributed by atoms with Gasteiger partial charge in [0.2, 0.25) is 0 Å². The Balaban J connectivity index is -0.00000000300. The second-order valence-electron chi connectivity index (χ2n) is 0.224. The van der Waals surface area contributed by atoms with Crippen molar-refractivity contribution in [3.05, 3.63) is 0 Å². The van der Waals surface area contributed by atoms with Gasteiger partial charge in [0.25, 0.3) is 8.25 Å². The van der Waals surface area contributed by atoms with E-state index in [1.807, 2.05) is 0 Å². The molecule has 8 heavy (non-hydrogen) atoms. The molecule has 8 heteroatoms. The Kier molecular flexibility index (Phi) is 83.2. The van der Waals surface area contributed by atoms with Crippen LogP contribution in [0.3, 0.4) is 0 Å². The van der Waals surface area contributed by atoms with Crippen molar-refractivity contribution >= 4 is 8.25 Å². The maximum Gasteiger partial charge on any atom is 1.00 e. The van der Waals surface area contributed by atoms with Crippen molar-refractivity contribution in [1.29, 1.82) is 0 Å². The number of hydrogen-bond donors (Lipinski definition) is 0. The van der Waals surface area contributed by atoms with Crippen molar-refractivity contribution < 1.29 is 179 Å². The molecule has 0 saturated carbocycles. The SMILES string of the molecule is O=[P+]([O-])[O-].[H-].[H-].[K+].[K+].[Na+].[Na+]. The molecule has 0 radical (unpaired) electrons. The van der Waals surface area contributed by atoms with E-state index in [0.717, 1.165) is 0 Å². The van der Waals surface area contributed by atoms with Gasteiger partial charge in [0, 0.05) is 0 Å². The van der Waals surface area contributed by atoms with E-state index in [4.69, 9.17) is 14.4 Å². The summed E-state index contributed by atoms with van der Waals surface area (Å²) in [6, 6.07) is 0. The summed E-state index contributed by atoms with van der Waals surface area (Å²) in [5, 5.41) is 0. The average Bonchev–Trinajstić information content (AvgIpc) is 0.811. The van der Waals surface area contributed by atoms with Crippen LogP contribution in [0.5, 0.6) is 0 Å². The summed E-state index contributed by atoms with van der Waals surface area (Å²) in [5.74, 6) is 0. The Labute approximate surface area is 181 Å². The molecule has 0 aromatic rings. The van der Waals surface area contributed by atoms with Crippen LogP contribution in [-0.4, -0.2) is 0 Å². The van der Waals surface area contributed by atoms with Crippen LogP contribution in [0.4, 0.5) is 0 Å². The fourth-order valence-electron chi connectivity index (χ4n) is 0. The first-order valence-electron chi connectivity index (χ1n) is 0.548. The zero-order valence-electron chi connectivity index (χ0n) is 7.67. The van der Waals surface area contributed by atoms with Crippen molar-refractivity contribution in [3.8, 4) is 0 Å². The van der Waals surface area contributed by atoms with E-state index >= 15 is 0 Å². The molecule has 0 rings (SSSR count). The second kappa shape index (κ2) is 22.8. The van der Waals surface area contributed by atoms with E-state index in [2.05, 4.69) is 0 Å². The van der Waals surface area contributed by atoms with E-state index in [-0.39, 0.29) is 165 Å². The van der Waals surface area contributed by atoms with Gasteiger partial charge in [-0.15, -0.1) is 0 Å². The van der Waals surface area contributed by atoms with Gasteiger partial charge in [-0.3, -0.25) is 0 Å². The normalized spacial score (nSPS) is 3.25. The minimum absolute atomic E-state index is 0. The molecule has 0 N–H and O–H groups in total. The molecule has 0 saturated heterocycles. The maximum atomic E-state index is 8.48. The third-order valence-electron chi connectivity index (χ3n) is 0. The summed E-state index contributed by atoms with van der Waals surface area (Å²) in [7, 11) is -3.37. The molecule has 0 atom stereocenters. The third kappa shape index (κ3) is 42.7. The van der Waals surface area contributed by atoms with Crippen LogP contribution in [0.15, 0.2) is 0 Å². The van der Waals surface area contributed by atoms with Crippen molar-refractivity contribution in [2.75, 3.05) is 0 Å². The van der Waals surface area contributed by atoms with Crippen LogP contribution >= 0.6 is 8.25 Å². The maximum absolute atomic E-state index is 8.48. The van der Waals surface area contributed by atoms with Crippen molar-refractivity contribution in [3.63, 3.8) is 0 Å². The van der Waals surface area contributed by atoms with E-state index in [0.29, 0.717) is 0 Å². The molecule has 0 aliphatic carbocycles. The monoisotopic (exact) mass is 205 g/mol. The fourth-order valence-corrected chi connectivity index (χ4v) is 0. The van der Waals surface area contributed by atoms with E-state index in [1.165, 1.54) is 0 Å². The molecular weight excluding hydrogens is 203 g/mol. The van der Waals surface area contributed by atoms with Crippen molar-refractivity contribution in [1.82, 2.24) is 0 Å². The predicted molar refractivity (Wildman–Crippen MR) is 9.83 cm³/mol. The molecule has 0 spiro atoms. The van der Waals surface area contributed by atoms with E-state index < -0.39 is 8.25 Å². The second-order valence-corrected chi connectivity index (χ2v) is 0.671. The first-order chi connectivity index (χ1) is 1.73. The van der Waals surface area contributed by atoms with Crippen LogP contribution in [0.2, 0.25) is 0 Å². The molecule has 0 bridgehead atoms. The first-order valence-corrected chi connectivity index (χ1v) is 1.64. The fraction of sp³-hybridized carbons (Fsp3) is 0. The van der Waals surface area contributed by atoms with Crippen LogP contribution in [0.25, 0.3) is 0 Å². The van der Waals surface area contributed by atoms with Gasteiger partial charge in [-0.25, -0.2) is 0 Å². The van der Waals surface area contributed by atoms with Gasteiger partial charge in [-0.1, -0.05) is 4.57 Å². The average molecular weight is 205 g/mol. The summed E-state index contributed by atoms with van der Waals surface area (Å²) in [5.41, 5.74) is 0. The molecule has 0 aromatic carbocycles. The molecular formula is H2K2Na2O3P+. The summed E-state index contributed by atoms with van der Waals surface area (Å²) >= 11 is 0. The summed E-state index contributed by atoms with van der Waals surface area (Å²) < 4.78 is 8.48. The molecule has 0 aliphatic heterocycles. The van der Waals surface area contributed by atoms with Crippen LogP contribution in [0.1, 0.15) is 2.85 Å². The molecule has 0 aromatic heterocycles. The summed E-state index contributed by atoms with van der Waals surface area (Å²) in [6.45, 7) is 0. The minimum Gasteiger partial charge on any atom is -1.00 e. The molecule has 28 valence electrons. The van der Waals surface area contributed by atoms with E-state index in [9.17, 15) is 0 Å². The molecule has 0 fully saturated rings. The topological polar surface area (TPSA) is 63.2 Å². The van der Waals surface area contributed by atoms with Gasteiger partial charge in [-0.05, 0) is 0 Å². The molecule has 0 unspecified atom stereocenters. The van der Waals surface area contributed by atoms with Crippen LogP contribution in [-0.2, 0) is 4.57 Å².